The lowest BCUT2D eigenvalue weighted by Gasteiger charge is -2.14. The van der Waals surface area contributed by atoms with Crippen LogP contribution in [0.4, 0.5) is 0 Å². The number of fused-ring (bicyclic) bond motifs is 1. The van der Waals surface area contributed by atoms with Gasteiger partial charge in [0.15, 0.2) is 0 Å². The Balaban J connectivity index is 2.06. The van der Waals surface area contributed by atoms with E-state index < -0.39 is 0 Å². The Labute approximate surface area is 99.2 Å². The highest BCUT2D eigenvalue weighted by Crippen LogP contribution is 2.23. The number of rotatable bonds is 4. The molecule has 0 unspecified atom stereocenters. The minimum Gasteiger partial charge on any atom is -0.380 e. The van der Waals surface area contributed by atoms with E-state index in [2.05, 4.69) is 4.98 Å². The molecule has 0 fully saturated rings. The summed E-state index contributed by atoms with van der Waals surface area (Å²) in [6.07, 6.45) is 1.54. The van der Waals surface area contributed by atoms with Gasteiger partial charge < -0.3 is 9.64 Å². The van der Waals surface area contributed by atoms with Gasteiger partial charge in [0.05, 0.1) is 12.2 Å². The Morgan fingerprint density at radius 2 is 2.44 bits per heavy atom. The van der Waals surface area contributed by atoms with Crippen molar-refractivity contribution in [1.29, 1.82) is 0 Å². The summed E-state index contributed by atoms with van der Waals surface area (Å²) >= 11 is 5.78. The van der Waals surface area contributed by atoms with Gasteiger partial charge in [0, 0.05) is 25.9 Å². The summed E-state index contributed by atoms with van der Waals surface area (Å²) in [6, 6.07) is 1.75. The van der Waals surface area contributed by atoms with Crippen LogP contribution in [-0.2, 0) is 11.3 Å². The van der Waals surface area contributed by atoms with Crippen LogP contribution in [0.5, 0.6) is 0 Å². The zero-order valence-corrected chi connectivity index (χ0v) is 9.83. The Morgan fingerprint density at radius 3 is 3.19 bits per heavy atom. The smallest absolute Gasteiger partial charge is 0.256 e. The summed E-state index contributed by atoms with van der Waals surface area (Å²) in [6.45, 7) is 4.38. The van der Waals surface area contributed by atoms with Gasteiger partial charge in [-0.2, -0.15) is 0 Å². The quantitative estimate of drug-likeness (QED) is 0.595. The third-order valence-electron chi connectivity index (χ3n) is 2.54. The molecule has 1 aliphatic heterocycles. The third-order valence-corrected chi connectivity index (χ3v) is 2.75. The molecule has 1 aliphatic rings. The van der Waals surface area contributed by atoms with Crippen molar-refractivity contribution in [2.24, 2.45) is 0 Å². The van der Waals surface area contributed by atoms with Crippen LogP contribution in [0, 0.1) is 0 Å². The molecular weight excluding hydrogens is 228 g/mol. The predicted octanol–water partition coefficient (Wildman–Crippen LogP) is 1.73. The first-order chi connectivity index (χ1) is 7.72. The van der Waals surface area contributed by atoms with Crippen LogP contribution in [0.3, 0.4) is 0 Å². The zero-order valence-electron chi connectivity index (χ0n) is 9.07. The Kier molecular flexibility index (Phi) is 3.41. The summed E-state index contributed by atoms with van der Waals surface area (Å²) in [5.74, 6) is 0.0128. The van der Waals surface area contributed by atoms with Gasteiger partial charge in [-0.25, -0.2) is 4.98 Å². The van der Waals surface area contributed by atoms with Crippen LogP contribution in [0.2, 0.25) is 5.15 Å². The van der Waals surface area contributed by atoms with Crippen molar-refractivity contribution >= 4 is 17.5 Å². The fraction of sp³-hybridized carbons (Fsp3) is 0.455. The largest absolute Gasteiger partial charge is 0.380 e. The zero-order chi connectivity index (χ0) is 11.5. The van der Waals surface area contributed by atoms with Gasteiger partial charge in [-0.3, -0.25) is 4.79 Å². The number of hydrogen-bond donors (Lipinski definition) is 0. The second-order valence-electron chi connectivity index (χ2n) is 3.59. The number of halogens is 1. The normalized spacial score (nSPS) is 14.4. The Bertz CT molecular complexity index is 409. The number of amides is 1. The summed E-state index contributed by atoms with van der Waals surface area (Å²) in [5.41, 5.74) is 1.60. The summed E-state index contributed by atoms with van der Waals surface area (Å²) in [7, 11) is 0. The van der Waals surface area contributed by atoms with E-state index in [0.717, 1.165) is 5.56 Å². The average molecular weight is 241 g/mol. The van der Waals surface area contributed by atoms with E-state index in [9.17, 15) is 4.79 Å². The van der Waals surface area contributed by atoms with Crippen molar-refractivity contribution in [2.75, 3.05) is 19.8 Å². The fourth-order valence-corrected chi connectivity index (χ4v) is 1.92. The van der Waals surface area contributed by atoms with Crippen LogP contribution in [0.1, 0.15) is 22.8 Å². The molecule has 2 heterocycles. The molecule has 86 valence electrons. The summed E-state index contributed by atoms with van der Waals surface area (Å²) in [4.78, 5) is 17.6. The molecule has 1 amide bonds. The number of pyridine rings is 1. The van der Waals surface area contributed by atoms with Gasteiger partial charge in [-0.05, 0) is 18.6 Å². The van der Waals surface area contributed by atoms with E-state index in [1.54, 1.807) is 17.2 Å². The van der Waals surface area contributed by atoms with Crippen molar-refractivity contribution in [2.45, 2.75) is 13.5 Å². The van der Waals surface area contributed by atoms with Crippen molar-refractivity contribution < 1.29 is 9.53 Å². The Hall–Kier alpha value is -1.13. The molecular formula is C11H13ClN2O2. The van der Waals surface area contributed by atoms with Crippen molar-refractivity contribution in [3.8, 4) is 0 Å². The maximum atomic E-state index is 11.9. The minimum atomic E-state index is 0.0128. The van der Waals surface area contributed by atoms with Crippen LogP contribution in [0.15, 0.2) is 12.3 Å². The number of carbonyl (C=O) groups is 1. The first-order valence-corrected chi connectivity index (χ1v) is 5.61. The van der Waals surface area contributed by atoms with Crippen molar-refractivity contribution in [1.82, 2.24) is 9.88 Å². The molecule has 0 atom stereocenters. The number of hydrogen-bond acceptors (Lipinski definition) is 3. The molecule has 1 aromatic heterocycles. The van der Waals surface area contributed by atoms with Gasteiger partial charge in [0.25, 0.3) is 5.91 Å². The molecule has 0 saturated heterocycles. The van der Waals surface area contributed by atoms with Crippen LogP contribution in [-0.4, -0.2) is 35.5 Å². The molecule has 0 aromatic carbocycles. The van der Waals surface area contributed by atoms with Crippen LogP contribution < -0.4 is 0 Å². The lowest BCUT2D eigenvalue weighted by atomic mass is 10.2. The molecule has 0 bridgehead atoms. The number of ether oxygens (including phenoxy) is 1. The standard InChI is InChI=1S/C11H13ClN2O2/c1-2-16-4-3-14-7-8-5-10(12)13-6-9(8)11(14)15/h5-6H,2-4,7H2,1H3. The topological polar surface area (TPSA) is 42.4 Å². The summed E-state index contributed by atoms with van der Waals surface area (Å²) in [5, 5.41) is 0.429. The van der Waals surface area contributed by atoms with Crippen molar-refractivity contribution in [3.63, 3.8) is 0 Å². The van der Waals surface area contributed by atoms with E-state index in [1.807, 2.05) is 6.92 Å². The van der Waals surface area contributed by atoms with Crippen molar-refractivity contribution in [3.05, 3.63) is 28.5 Å². The number of nitrogens with zero attached hydrogens (tertiary/aromatic N) is 2. The molecule has 0 spiro atoms. The van der Waals surface area contributed by atoms with Gasteiger partial charge >= 0.3 is 0 Å². The molecule has 4 nitrogen and oxygen atoms in total. The highest BCUT2D eigenvalue weighted by Gasteiger charge is 2.27. The average Bonchev–Trinajstić information content (AvgIpc) is 2.56. The minimum absolute atomic E-state index is 0.0128. The number of carbonyl (C=O) groups excluding carboxylic acids is 1. The lowest BCUT2D eigenvalue weighted by molar-refractivity contribution is 0.0680. The molecule has 0 saturated carbocycles. The predicted molar refractivity (Wildman–Crippen MR) is 60.5 cm³/mol. The van der Waals surface area contributed by atoms with Gasteiger partial charge in [-0.15, -0.1) is 0 Å². The van der Waals surface area contributed by atoms with E-state index in [0.29, 0.717) is 37.0 Å². The molecule has 0 aliphatic carbocycles. The SMILES string of the molecule is CCOCCN1Cc2cc(Cl)ncc2C1=O. The van der Waals surface area contributed by atoms with E-state index in [1.165, 1.54) is 0 Å². The lowest BCUT2D eigenvalue weighted by Crippen LogP contribution is -2.27. The molecule has 5 heteroatoms. The molecule has 1 aromatic rings. The maximum Gasteiger partial charge on any atom is 0.256 e. The molecule has 2 rings (SSSR count). The highest BCUT2D eigenvalue weighted by molar-refractivity contribution is 6.29. The van der Waals surface area contributed by atoms with E-state index in [4.69, 9.17) is 16.3 Å². The third kappa shape index (κ3) is 2.18. The fourth-order valence-electron chi connectivity index (χ4n) is 1.74. The maximum absolute atomic E-state index is 11.9. The summed E-state index contributed by atoms with van der Waals surface area (Å²) < 4.78 is 5.23. The molecule has 0 N–H and O–H groups in total. The monoisotopic (exact) mass is 240 g/mol. The molecule has 0 radical (unpaired) electrons. The first kappa shape index (κ1) is 11.4. The van der Waals surface area contributed by atoms with Crippen LogP contribution >= 0.6 is 11.6 Å². The molecule has 16 heavy (non-hydrogen) atoms. The second-order valence-corrected chi connectivity index (χ2v) is 3.98. The van der Waals surface area contributed by atoms with E-state index in [-0.39, 0.29) is 5.91 Å². The van der Waals surface area contributed by atoms with Gasteiger partial charge in [0.1, 0.15) is 5.15 Å². The second kappa shape index (κ2) is 4.80. The van der Waals surface area contributed by atoms with E-state index >= 15 is 0 Å². The first-order valence-electron chi connectivity index (χ1n) is 5.24. The van der Waals surface area contributed by atoms with Gasteiger partial charge in [0.2, 0.25) is 0 Å². The van der Waals surface area contributed by atoms with Crippen LogP contribution in [0.25, 0.3) is 0 Å². The van der Waals surface area contributed by atoms with Gasteiger partial charge in [-0.1, -0.05) is 11.6 Å². The number of aromatic nitrogens is 1. The Morgan fingerprint density at radius 1 is 1.62 bits per heavy atom. The highest BCUT2D eigenvalue weighted by atomic mass is 35.5.